The molecular formula is C11H20N4S. The van der Waals surface area contributed by atoms with Gasteiger partial charge in [0, 0.05) is 17.6 Å². The van der Waals surface area contributed by atoms with Gasteiger partial charge in [-0.3, -0.25) is 4.99 Å². The maximum absolute atomic E-state index is 5.78. The molecule has 3 N–H and O–H groups in total. The van der Waals surface area contributed by atoms with Gasteiger partial charge >= 0.3 is 0 Å². The van der Waals surface area contributed by atoms with Crippen molar-refractivity contribution in [3.05, 3.63) is 16.1 Å². The van der Waals surface area contributed by atoms with Gasteiger partial charge < -0.3 is 11.1 Å². The van der Waals surface area contributed by atoms with Gasteiger partial charge in [0.05, 0.1) is 6.04 Å². The van der Waals surface area contributed by atoms with E-state index in [1.807, 2.05) is 20.0 Å². The van der Waals surface area contributed by atoms with Gasteiger partial charge in [-0.25, -0.2) is 4.98 Å². The van der Waals surface area contributed by atoms with Crippen LogP contribution >= 0.6 is 11.3 Å². The first-order valence-corrected chi connectivity index (χ1v) is 6.29. The Morgan fingerprint density at radius 3 is 2.75 bits per heavy atom. The Kier molecular flexibility index (Phi) is 4.73. The molecule has 1 unspecified atom stereocenters. The number of aryl methyl sites for hydroxylation is 1. The summed E-state index contributed by atoms with van der Waals surface area (Å²) in [5.74, 6) is 1.02. The lowest BCUT2D eigenvalue weighted by atomic mass is 10.2. The second-order valence-electron chi connectivity index (χ2n) is 4.29. The number of aromatic nitrogens is 1. The van der Waals surface area contributed by atoms with Crippen LogP contribution in [0.1, 0.15) is 36.7 Å². The van der Waals surface area contributed by atoms with Crippen LogP contribution in [0.15, 0.2) is 11.2 Å². The van der Waals surface area contributed by atoms with E-state index in [2.05, 4.69) is 29.1 Å². The molecule has 0 aliphatic heterocycles. The number of nitrogens with one attached hydrogen (secondary N) is 1. The zero-order chi connectivity index (χ0) is 12.1. The fraction of sp³-hybridized carbons (Fsp3) is 0.636. The summed E-state index contributed by atoms with van der Waals surface area (Å²) in [5, 5.41) is 4.18. The van der Waals surface area contributed by atoms with Crippen molar-refractivity contribution in [2.24, 2.45) is 16.6 Å². The Morgan fingerprint density at radius 2 is 2.25 bits per heavy atom. The van der Waals surface area contributed by atoms with Crippen LogP contribution in [-0.4, -0.2) is 17.5 Å². The molecule has 0 radical (unpaired) electrons. The van der Waals surface area contributed by atoms with Crippen molar-refractivity contribution in [1.29, 1.82) is 0 Å². The van der Waals surface area contributed by atoms with Crippen molar-refractivity contribution < 1.29 is 0 Å². The molecule has 1 heterocycles. The molecule has 90 valence electrons. The van der Waals surface area contributed by atoms with E-state index in [0.717, 1.165) is 11.6 Å². The van der Waals surface area contributed by atoms with E-state index in [9.17, 15) is 0 Å². The molecule has 1 rings (SSSR count). The third-order valence-corrected chi connectivity index (χ3v) is 3.10. The van der Waals surface area contributed by atoms with Crippen LogP contribution < -0.4 is 11.1 Å². The first-order valence-electron chi connectivity index (χ1n) is 5.47. The minimum absolute atomic E-state index is 0.120. The number of hydrogen-bond donors (Lipinski definition) is 2. The summed E-state index contributed by atoms with van der Waals surface area (Å²) in [6.07, 6.45) is 1.87. The van der Waals surface area contributed by atoms with Gasteiger partial charge in [0.25, 0.3) is 0 Å². The topological polar surface area (TPSA) is 63.3 Å². The van der Waals surface area contributed by atoms with Gasteiger partial charge in [-0.05, 0) is 19.8 Å². The highest BCUT2D eigenvalue weighted by Crippen LogP contribution is 2.18. The van der Waals surface area contributed by atoms with Crippen LogP contribution in [0.4, 0.5) is 0 Å². The molecule has 0 amide bonds. The molecule has 1 atom stereocenters. The molecule has 1 aromatic heterocycles. The van der Waals surface area contributed by atoms with Crippen molar-refractivity contribution in [2.45, 2.75) is 33.7 Å². The van der Waals surface area contributed by atoms with E-state index in [1.54, 1.807) is 11.3 Å². The average molecular weight is 240 g/mol. The van der Waals surface area contributed by atoms with E-state index < -0.39 is 0 Å². The Bertz CT molecular complexity index is 357. The monoisotopic (exact) mass is 240 g/mol. The highest BCUT2D eigenvalue weighted by atomic mass is 32.1. The number of thiazole rings is 1. The first-order chi connectivity index (χ1) is 7.49. The molecule has 0 spiro atoms. The lowest BCUT2D eigenvalue weighted by molar-refractivity contribution is 0.651. The van der Waals surface area contributed by atoms with Gasteiger partial charge in [-0.15, -0.1) is 11.3 Å². The normalized spacial score (nSPS) is 14.2. The van der Waals surface area contributed by atoms with E-state index in [-0.39, 0.29) is 6.04 Å². The van der Waals surface area contributed by atoms with E-state index in [1.165, 1.54) is 4.88 Å². The molecule has 5 heteroatoms. The smallest absolute Gasteiger partial charge is 0.189 e. The zero-order valence-electron chi connectivity index (χ0n) is 10.3. The van der Waals surface area contributed by atoms with Gasteiger partial charge in [-0.1, -0.05) is 13.8 Å². The summed E-state index contributed by atoms with van der Waals surface area (Å²) in [6, 6.07) is 0.120. The second-order valence-corrected chi connectivity index (χ2v) is 5.56. The summed E-state index contributed by atoms with van der Waals surface area (Å²) in [7, 11) is 0. The Labute approximate surface area is 101 Å². The average Bonchev–Trinajstić information content (AvgIpc) is 2.62. The lowest BCUT2D eigenvalue weighted by Crippen LogP contribution is -2.34. The van der Waals surface area contributed by atoms with Crippen LogP contribution in [0.2, 0.25) is 0 Å². The molecule has 1 aromatic rings. The number of rotatable bonds is 4. The van der Waals surface area contributed by atoms with Gasteiger partial charge in [0.15, 0.2) is 5.96 Å². The maximum Gasteiger partial charge on any atom is 0.189 e. The molecule has 0 saturated carbocycles. The SMILES string of the molecule is Cc1cnc(C(C)NC(N)=NCC(C)C)s1. The largest absolute Gasteiger partial charge is 0.370 e. The number of guanidine groups is 1. The molecule has 16 heavy (non-hydrogen) atoms. The van der Waals surface area contributed by atoms with E-state index >= 15 is 0 Å². The van der Waals surface area contributed by atoms with Gasteiger partial charge in [0.2, 0.25) is 0 Å². The van der Waals surface area contributed by atoms with Crippen molar-refractivity contribution >= 4 is 17.3 Å². The van der Waals surface area contributed by atoms with Crippen LogP contribution in [0.5, 0.6) is 0 Å². The predicted molar refractivity (Wildman–Crippen MR) is 69.7 cm³/mol. The Hall–Kier alpha value is -1.10. The number of nitrogens with two attached hydrogens (primary N) is 1. The fourth-order valence-electron chi connectivity index (χ4n) is 1.18. The number of aliphatic imine (C=N–C) groups is 1. The maximum atomic E-state index is 5.78. The predicted octanol–water partition coefficient (Wildman–Crippen LogP) is 2.07. The third-order valence-electron chi connectivity index (χ3n) is 2.00. The minimum Gasteiger partial charge on any atom is -0.370 e. The van der Waals surface area contributed by atoms with Crippen molar-refractivity contribution in [3.8, 4) is 0 Å². The molecule has 0 bridgehead atoms. The lowest BCUT2D eigenvalue weighted by Gasteiger charge is -2.12. The van der Waals surface area contributed by atoms with E-state index in [4.69, 9.17) is 5.73 Å². The molecule has 0 aliphatic carbocycles. The third kappa shape index (κ3) is 4.18. The summed E-state index contributed by atoms with van der Waals surface area (Å²) >= 11 is 1.68. The zero-order valence-corrected chi connectivity index (χ0v) is 11.1. The minimum atomic E-state index is 0.120. The van der Waals surface area contributed by atoms with Crippen LogP contribution in [0.3, 0.4) is 0 Å². The molecule has 0 saturated heterocycles. The summed E-state index contributed by atoms with van der Waals surface area (Å²) in [6.45, 7) is 9.07. The van der Waals surface area contributed by atoms with Gasteiger partial charge in [-0.2, -0.15) is 0 Å². The van der Waals surface area contributed by atoms with Crippen LogP contribution in [0.25, 0.3) is 0 Å². The number of nitrogens with zero attached hydrogens (tertiary/aromatic N) is 2. The summed E-state index contributed by atoms with van der Waals surface area (Å²) in [5.41, 5.74) is 5.78. The summed E-state index contributed by atoms with van der Waals surface area (Å²) < 4.78 is 0. The standard InChI is InChI=1S/C11H20N4S/c1-7(2)5-14-11(12)15-9(4)10-13-6-8(3)16-10/h6-7,9H,5H2,1-4H3,(H3,12,14,15). The molecule has 0 aromatic carbocycles. The molecule has 0 aliphatic rings. The Morgan fingerprint density at radius 1 is 1.56 bits per heavy atom. The van der Waals surface area contributed by atoms with Crippen LogP contribution in [-0.2, 0) is 0 Å². The summed E-state index contributed by atoms with van der Waals surface area (Å²) in [4.78, 5) is 9.78. The quantitative estimate of drug-likeness (QED) is 0.625. The highest BCUT2D eigenvalue weighted by Gasteiger charge is 2.09. The highest BCUT2D eigenvalue weighted by molar-refractivity contribution is 7.11. The Balaban J connectivity index is 2.51. The first kappa shape index (κ1) is 13.0. The fourth-order valence-corrected chi connectivity index (χ4v) is 1.96. The molecule has 4 nitrogen and oxygen atoms in total. The second kappa shape index (κ2) is 5.84. The van der Waals surface area contributed by atoms with Crippen LogP contribution in [0, 0.1) is 12.8 Å². The van der Waals surface area contributed by atoms with E-state index in [0.29, 0.717) is 11.9 Å². The van der Waals surface area contributed by atoms with Crippen molar-refractivity contribution in [3.63, 3.8) is 0 Å². The molecular weight excluding hydrogens is 220 g/mol. The van der Waals surface area contributed by atoms with Crippen molar-refractivity contribution in [2.75, 3.05) is 6.54 Å². The van der Waals surface area contributed by atoms with Crippen molar-refractivity contribution in [1.82, 2.24) is 10.3 Å². The van der Waals surface area contributed by atoms with Gasteiger partial charge in [0.1, 0.15) is 5.01 Å². The molecule has 0 fully saturated rings. The number of hydrogen-bond acceptors (Lipinski definition) is 3.